The number of fused-ring (bicyclic) bond motifs is 1. The van der Waals surface area contributed by atoms with Crippen LogP contribution in [0, 0.1) is 24.1 Å². The highest BCUT2D eigenvalue weighted by molar-refractivity contribution is 5.90. The molecule has 0 bridgehead atoms. The normalized spacial score (nSPS) is 10.6. The van der Waals surface area contributed by atoms with Gasteiger partial charge in [0.1, 0.15) is 17.7 Å². The molecule has 1 aromatic carbocycles. The van der Waals surface area contributed by atoms with Crippen LogP contribution in [-0.4, -0.2) is 22.1 Å². The Hall–Kier alpha value is -3.20. The Morgan fingerprint density at radius 3 is 2.83 bits per heavy atom. The summed E-state index contributed by atoms with van der Waals surface area (Å²) >= 11 is 0. The molecule has 0 unspecified atom stereocenters. The van der Waals surface area contributed by atoms with Crippen molar-refractivity contribution in [3.05, 3.63) is 59.2 Å². The van der Waals surface area contributed by atoms with Crippen LogP contribution in [0.2, 0.25) is 0 Å². The predicted molar refractivity (Wildman–Crippen MR) is 86.4 cm³/mol. The van der Waals surface area contributed by atoms with E-state index in [9.17, 15) is 14.4 Å². The SMILES string of the molecule is CCOC(=O)c1ccc(-n2cc(C#N)c3cc(C)c(F)cc32)nc1. The molecule has 2 heterocycles. The molecule has 0 fully saturated rings. The van der Waals surface area contributed by atoms with Crippen molar-refractivity contribution in [2.45, 2.75) is 13.8 Å². The molecule has 0 spiro atoms. The number of nitrogens with zero attached hydrogens (tertiary/aromatic N) is 3. The summed E-state index contributed by atoms with van der Waals surface area (Å²) in [6, 6.07) is 8.35. The van der Waals surface area contributed by atoms with E-state index in [1.165, 1.54) is 12.3 Å². The lowest BCUT2D eigenvalue weighted by Crippen LogP contribution is -2.06. The first-order chi connectivity index (χ1) is 11.5. The molecular formula is C18H14FN3O2. The van der Waals surface area contributed by atoms with Gasteiger partial charge in [0.2, 0.25) is 0 Å². The van der Waals surface area contributed by atoms with E-state index >= 15 is 0 Å². The van der Waals surface area contributed by atoms with Crippen LogP contribution in [0.4, 0.5) is 4.39 Å². The number of hydrogen-bond acceptors (Lipinski definition) is 4. The average Bonchev–Trinajstić information content (AvgIpc) is 2.93. The highest BCUT2D eigenvalue weighted by Crippen LogP contribution is 2.26. The third-order valence-electron chi connectivity index (χ3n) is 3.71. The molecule has 120 valence electrons. The summed E-state index contributed by atoms with van der Waals surface area (Å²) in [7, 11) is 0. The molecule has 0 amide bonds. The van der Waals surface area contributed by atoms with Crippen LogP contribution in [0.15, 0.2) is 36.7 Å². The van der Waals surface area contributed by atoms with Gasteiger partial charge < -0.3 is 4.74 Å². The van der Waals surface area contributed by atoms with Gasteiger partial charge in [-0.15, -0.1) is 0 Å². The number of nitriles is 1. The molecule has 0 N–H and O–H groups in total. The topological polar surface area (TPSA) is 67.9 Å². The molecule has 0 aliphatic carbocycles. The van der Waals surface area contributed by atoms with Gasteiger partial charge in [0, 0.05) is 17.8 Å². The third-order valence-corrected chi connectivity index (χ3v) is 3.71. The minimum atomic E-state index is -0.451. The fourth-order valence-corrected chi connectivity index (χ4v) is 2.50. The van der Waals surface area contributed by atoms with Crippen LogP contribution in [0.25, 0.3) is 16.7 Å². The van der Waals surface area contributed by atoms with Gasteiger partial charge in [-0.3, -0.25) is 4.57 Å². The van der Waals surface area contributed by atoms with Crippen LogP contribution in [-0.2, 0) is 4.74 Å². The van der Waals surface area contributed by atoms with Crippen molar-refractivity contribution in [1.82, 2.24) is 9.55 Å². The summed E-state index contributed by atoms with van der Waals surface area (Å²) in [5, 5.41) is 9.95. The van der Waals surface area contributed by atoms with Gasteiger partial charge in [0.25, 0.3) is 0 Å². The van der Waals surface area contributed by atoms with E-state index < -0.39 is 5.97 Å². The van der Waals surface area contributed by atoms with Crippen molar-refractivity contribution in [2.24, 2.45) is 0 Å². The molecule has 0 saturated carbocycles. The highest BCUT2D eigenvalue weighted by Gasteiger charge is 2.14. The van der Waals surface area contributed by atoms with E-state index in [0.717, 1.165) is 0 Å². The van der Waals surface area contributed by atoms with E-state index in [1.807, 2.05) is 0 Å². The van der Waals surface area contributed by atoms with Gasteiger partial charge in [0.15, 0.2) is 0 Å². The Labute approximate surface area is 137 Å². The summed E-state index contributed by atoms with van der Waals surface area (Å²) in [6.07, 6.45) is 3.01. The van der Waals surface area contributed by atoms with Crippen molar-refractivity contribution in [3.63, 3.8) is 0 Å². The Morgan fingerprint density at radius 2 is 2.21 bits per heavy atom. The number of aryl methyl sites for hydroxylation is 1. The van der Waals surface area contributed by atoms with Crippen molar-refractivity contribution in [3.8, 4) is 11.9 Å². The highest BCUT2D eigenvalue weighted by atomic mass is 19.1. The monoisotopic (exact) mass is 323 g/mol. The molecule has 0 aliphatic rings. The van der Waals surface area contributed by atoms with E-state index in [4.69, 9.17) is 4.74 Å². The van der Waals surface area contributed by atoms with Crippen molar-refractivity contribution in [1.29, 1.82) is 5.26 Å². The Bertz CT molecular complexity index is 969. The van der Waals surface area contributed by atoms with E-state index in [0.29, 0.717) is 33.4 Å². The zero-order valence-corrected chi connectivity index (χ0v) is 13.2. The fraction of sp³-hybridized carbons (Fsp3) is 0.167. The van der Waals surface area contributed by atoms with E-state index in [1.54, 1.807) is 42.8 Å². The van der Waals surface area contributed by atoms with Gasteiger partial charge in [0.05, 0.1) is 23.3 Å². The number of carbonyl (C=O) groups is 1. The molecule has 5 nitrogen and oxygen atoms in total. The lowest BCUT2D eigenvalue weighted by atomic mass is 10.1. The number of halogens is 1. The molecule has 0 saturated heterocycles. The summed E-state index contributed by atoms with van der Waals surface area (Å²) in [5.41, 5.74) is 1.79. The number of aromatic nitrogens is 2. The third kappa shape index (κ3) is 2.61. The first kappa shape index (κ1) is 15.7. The van der Waals surface area contributed by atoms with Crippen LogP contribution >= 0.6 is 0 Å². The van der Waals surface area contributed by atoms with Gasteiger partial charge in [-0.1, -0.05) is 0 Å². The largest absolute Gasteiger partial charge is 0.462 e. The van der Waals surface area contributed by atoms with Crippen LogP contribution in [0.3, 0.4) is 0 Å². The smallest absolute Gasteiger partial charge is 0.339 e. The maximum Gasteiger partial charge on any atom is 0.339 e. The molecule has 0 radical (unpaired) electrons. The van der Waals surface area contributed by atoms with Crippen LogP contribution in [0.5, 0.6) is 0 Å². The standard InChI is InChI=1S/C18H14FN3O2/c1-3-24-18(23)12-4-5-17(21-9-12)22-10-13(8-20)14-6-11(2)15(19)7-16(14)22/h4-7,9-10H,3H2,1-2H3. The summed E-state index contributed by atoms with van der Waals surface area (Å²) < 4.78 is 20.5. The van der Waals surface area contributed by atoms with Gasteiger partial charge in [-0.2, -0.15) is 5.26 Å². The predicted octanol–water partition coefficient (Wildman–Crippen LogP) is 3.52. The lowest BCUT2D eigenvalue weighted by Gasteiger charge is -2.06. The van der Waals surface area contributed by atoms with Gasteiger partial charge in [-0.25, -0.2) is 14.2 Å². The molecule has 2 aromatic heterocycles. The molecule has 3 rings (SSSR count). The quantitative estimate of drug-likeness (QED) is 0.692. The van der Waals surface area contributed by atoms with Gasteiger partial charge in [-0.05, 0) is 43.7 Å². The zero-order chi connectivity index (χ0) is 17.3. The van der Waals surface area contributed by atoms with Crippen LogP contribution in [0.1, 0.15) is 28.4 Å². The second kappa shape index (κ2) is 6.13. The summed E-state index contributed by atoms with van der Waals surface area (Å²) in [4.78, 5) is 15.9. The Kier molecular flexibility index (Phi) is 4.00. The van der Waals surface area contributed by atoms with Crippen molar-refractivity contribution < 1.29 is 13.9 Å². The number of carbonyl (C=O) groups excluding carboxylic acids is 1. The fourth-order valence-electron chi connectivity index (χ4n) is 2.50. The molecule has 0 atom stereocenters. The number of rotatable bonds is 3. The summed E-state index contributed by atoms with van der Waals surface area (Å²) in [6.45, 7) is 3.66. The first-order valence-corrected chi connectivity index (χ1v) is 7.40. The molecule has 3 aromatic rings. The zero-order valence-electron chi connectivity index (χ0n) is 13.2. The first-order valence-electron chi connectivity index (χ1n) is 7.40. The molecule has 6 heteroatoms. The second-order valence-corrected chi connectivity index (χ2v) is 5.27. The van der Waals surface area contributed by atoms with E-state index in [-0.39, 0.29) is 12.4 Å². The van der Waals surface area contributed by atoms with Gasteiger partial charge >= 0.3 is 5.97 Å². The van der Waals surface area contributed by atoms with E-state index in [2.05, 4.69) is 11.1 Å². The Balaban J connectivity index is 2.11. The second-order valence-electron chi connectivity index (χ2n) is 5.27. The van der Waals surface area contributed by atoms with Crippen LogP contribution < -0.4 is 0 Å². The summed E-state index contributed by atoms with van der Waals surface area (Å²) in [5.74, 6) is -0.319. The minimum Gasteiger partial charge on any atom is -0.462 e. The molecule has 0 aliphatic heterocycles. The minimum absolute atomic E-state index is 0.285. The number of hydrogen-bond donors (Lipinski definition) is 0. The Morgan fingerprint density at radius 1 is 1.42 bits per heavy atom. The number of benzene rings is 1. The number of esters is 1. The van der Waals surface area contributed by atoms with Crippen molar-refractivity contribution in [2.75, 3.05) is 6.61 Å². The maximum absolute atomic E-state index is 13.9. The van der Waals surface area contributed by atoms with Crippen molar-refractivity contribution >= 4 is 16.9 Å². The maximum atomic E-state index is 13.9. The molecule has 24 heavy (non-hydrogen) atoms. The number of ether oxygens (including phenoxy) is 1. The molecular weight excluding hydrogens is 309 g/mol. The number of pyridine rings is 1. The average molecular weight is 323 g/mol. The lowest BCUT2D eigenvalue weighted by molar-refractivity contribution is 0.0526.